The van der Waals surface area contributed by atoms with Gasteiger partial charge in [0.1, 0.15) is 6.04 Å². The summed E-state index contributed by atoms with van der Waals surface area (Å²) in [6.07, 6.45) is 1.76. The third-order valence-electron chi connectivity index (χ3n) is 1.86. The monoisotopic (exact) mass is 170 g/mol. The number of carbonyl (C=O) groups excluding carboxylic acids is 1. The number of thiol groups is 1. The molecule has 0 aromatic carbocycles. The zero-order valence-corrected chi connectivity index (χ0v) is 7.05. The van der Waals surface area contributed by atoms with Crippen molar-refractivity contribution in [2.24, 2.45) is 0 Å². The third kappa shape index (κ3) is 1.66. The fraction of sp³-hybridized carbons (Fsp3) is 0.714. The van der Waals surface area contributed by atoms with Crippen LogP contribution in [0.4, 0.5) is 0 Å². The largest absolute Gasteiger partial charge is 0.326 e. The van der Waals surface area contributed by atoms with Crippen molar-refractivity contribution in [3.05, 3.63) is 0 Å². The molecule has 0 N–H and O–H groups in total. The van der Waals surface area contributed by atoms with Gasteiger partial charge in [-0.3, -0.25) is 4.79 Å². The zero-order valence-electron chi connectivity index (χ0n) is 6.16. The second-order valence-electron chi connectivity index (χ2n) is 2.53. The Balaban J connectivity index is 2.58. The summed E-state index contributed by atoms with van der Waals surface area (Å²) in [6.45, 7) is 0.720. The third-order valence-corrected chi connectivity index (χ3v) is 2.13. The molecule has 1 amide bonds. The lowest BCUT2D eigenvalue weighted by Crippen LogP contribution is -2.35. The lowest BCUT2D eigenvalue weighted by molar-refractivity contribution is -0.128. The van der Waals surface area contributed by atoms with Crippen LogP contribution in [0.15, 0.2) is 0 Å². The summed E-state index contributed by atoms with van der Waals surface area (Å²) < 4.78 is 0. The Morgan fingerprint density at radius 1 is 1.82 bits per heavy atom. The number of carbonyl (C=O) groups is 1. The summed E-state index contributed by atoms with van der Waals surface area (Å²) in [5.74, 6) is 0.176. The fourth-order valence-corrected chi connectivity index (χ4v) is 1.47. The second kappa shape index (κ2) is 3.63. The van der Waals surface area contributed by atoms with Crippen LogP contribution in [0.5, 0.6) is 0 Å². The molecule has 11 heavy (non-hydrogen) atoms. The molecule has 60 valence electrons. The van der Waals surface area contributed by atoms with E-state index in [1.807, 2.05) is 0 Å². The quantitative estimate of drug-likeness (QED) is 0.580. The van der Waals surface area contributed by atoms with E-state index >= 15 is 0 Å². The number of rotatable bonds is 1. The van der Waals surface area contributed by atoms with Crippen molar-refractivity contribution < 1.29 is 4.79 Å². The average molecular weight is 170 g/mol. The molecule has 0 saturated carbocycles. The highest BCUT2D eigenvalue weighted by molar-refractivity contribution is 7.81. The van der Waals surface area contributed by atoms with Crippen LogP contribution in [0.3, 0.4) is 0 Å². The summed E-state index contributed by atoms with van der Waals surface area (Å²) in [7, 11) is 0. The van der Waals surface area contributed by atoms with Crippen LogP contribution in [0.1, 0.15) is 12.8 Å². The number of nitriles is 1. The van der Waals surface area contributed by atoms with Crippen molar-refractivity contribution in [1.82, 2.24) is 4.90 Å². The minimum atomic E-state index is -0.199. The summed E-state index contributed by atoms with van der Waals surface area (Å²) in [6, 6.07) is 1.90. The van der Waals surface area contributed by atoms with E-state index in [0.29, 0.717) is 0 Å². The molecule has 1 heterocycles. The number of hydrogen-bond acceptors (Lipinski definition) is 3. The highest BCUT2D eigenvalue weighted by atomic mass is 32.1. The Kier molecular flexibility index (Phi) is 2.77. The molecule has 1 rings (SSSR count). The standard InChI is InChI=1S/C7H10N2OS/c8-4-6-2-1-3-9(6)7(10)5-11/h6,11H,1-3,5H2/t6-/m0/s1. The van der Waals surface area contributed by atoms with Crippen LogP contribution in [-0.4, -0.2) is 29.1 Å². The van der Waals surface area contributed by atoms with Crippen LogP contribution in [0.25, 0.3) is 0 Å². The highest BCUT2D eigenvalue weighted by Crippen LogP contribution is 2.16. The topological polar surface area (TPSA) is 44.1 Å². The molecule has 4 heteroatoms. The van der Waals surface area contributed by atoms with E-state index in [4.69, 9.17) is 5.26 Å². The van der Waals surface area contributed by atoms with E-state index < -0.39 is 0 Å². The van der Waals surface area contributed by atoms with Gasteiger partial charge in [-0.25, -0.2) is 0 Å². The second-order valence-corrected chi connectivity index (χ2v) is 2.85. The molecule has 3 nitrogen and oxygen atoms in total. The van der Waals surface area contributed by atoms with Crippen molar-refractivity contribution in [2.45, 2.75) is 18.9 Å². The first-order valence-corrected chi connectivity index (χ1v) is 4.22. The summed E-state index contributed by atoms with van der Waals surface area (Å²) in [5, 5.41) is 8.61. The minimum absolute atomic E-state index is 0.0302. The van der Waals surface area contributed by atoms with E-state index in [1.165, 1.54) is 0 Å². The van der Waals surface area contributed by atoms with Gasteiger partial charge in [0.2, 0.25) is 5.91 Å². The molecule has 0 aromatic rings. The molecule has 0 spiro atoms. The Labute approximate surface area is 71.4 Å². The number of hydrogen-bond donors (Lipinski definition) is 1. The summed E-state index contributed by atoms with van der Waals surface area (Å²) >= 11 is 3.87. The van der Waals surface area contributed by atoms with Crippen molar-refractivity contribution in [1.29, 1.82) is 5.26 Å². The van der Waals surface area contributed by atoms with Gasteiger partial charge in [0.15, 0.2) is 0 Å². The molecule has 0 radical (unpaired) electrons. The van der Waals surface area contributed by atoms with E-state index in [0.717, 1.165) is 19.4 Å². The van der Waals surface area contributed by atoms with Gasteiger partial charge < -0.3 is 4.90 Å². The summed E-state index contributed by atoms with van der Waals surface area (Å²) in [5.41, 5.74) is 0. The molecule has 1 atom stereocenters. The molecular weight excluding hydrogens is 160 g/mol. The molecule has 1 aliphatic heterocycles. The SMILES string of the molecule is N#C[C@@H]1CCCN1C(=O)CS. The average Bonchev–Trinajstić information content (AvgIpc) is 2.50. The predicted molar refractivity (Wildman–Crippen MR) is 44.2 cm³/mol. The first kappa shape index (κ1) is 8.41. The maximum Gasteiger partial charge on any atom is 0.233 e. The Bertz CT molecular complexity index is 199. The van der Waals surface area contributed by atoms with Crippen molar-refractivity contribution in [2.75, 3.05) is 12.3 Å². The van der Waals surface area contributed by atoms with E-state index in [9.17, 15) is 4.79 Å². The van der Waals surface area contributed by atoms with E-state index in [1.54, 1.807) is 4.90 Å². The molecule has 0 bridgehead atoms. The lowest BCUT2D eigenvalue weighted by atomic mass is 10.2. The smallest absolute Gasteiger partial charge is 0.233 e. The highest BCUT2D eigenvalue weighted by Gasteiger charge is 2.27. The van der Waals surface area contributed by atoms with Crippen molar-refractivity contribution >= 4 is 18.5 Å². The molecule has 1 fully saturated rings. The molecule has 0 unspecified atom stereocenters. The number of amides is 1. The molecule has 0 aromatic heterocycles. The van der Waals surface area contributed by atoms with E-state index in [-0.39, 0.29) is 17.7 Å². The number of likely N-dealkylation sites (tertiary alicyclic amines) is 1. The van der Waals surface area contributed by atoms with Gasteiger partial charge in [-0.1, -0.05) is 0 Å². The minimum Gasteiger partial charge on any atom is -0.326 e. The van der Waals surface area contributed by atoms with Gasteiger partial charge in [-0.05, 0) is 12.8 Å². The van der Waals surface area contributed by atoms with Crippen LogP contribution in [0, 0.1) is 11.3 Å². The normalized spacial score (nSPS) is 23.3. The van der Waals surface area contributed by atoms with Gasteiger partial charge in [0.25, 0.3) is 0 Å². The maximum atomic E-state index is 11.1. The van der Waals surface area contributed by atoms with Gasteiger partial charge in [-0.2, -0.15) is 17.9 Å². The Hall–Kier alpha value is -0.690. The van der Waals surface area contributed by atoms with Gasteiger partial charge in [-0.15, -0.1) is 0 Å². The van der Waals surface area contributed by atoms with Crippen LogP contribution < -0.4 is 0 Å². The first-order chi connectivity index (χ1) is 5.29. The van der Waals surface area contributed by atoms with Crippen molar-refractivity contribution in [3.63, 3.8) is 0 Å². The fourth-order valence-electron chi connectivity index (χ4n) is 1.29. The van der Waals surface area contributed by atoms with Gasteiger partial charge in [0.05, 0.1) is 11.8 Å². The van der Waals surface area contributed by atoms with Crippen LogP contribution >= 0.6 is 12.6 Å². The number of nitrogens with zero attached hydrogens (tertiary/aromatic N) is 2. The van der Waals surface area contributed by atoms with Crippen LogP contribution in [0.2, 0.25) is 0 Å². The molecule has 0 aliphatic carbocycles. The molecule has 1 aliphatic rings. The van der Waals surface area contributed by atoms with Crippen molar-refractivity contribution in [3.8, 4) is 6.07 Å². The maximum absolute atomic E-state index is 11.1. The van der Waals surface area contributed by atoms with Crippen LogP contribution in [-0.2, 0) is 4.79 Å². The predicted octanol–water partition coefficient (Wildman–Crippen LogP) is 0.431. The lowest BCUT2D eigenvalue weighted by Gasteiger charge is -2.17. The zero-order chi connectivity index (χ0) is 8.27. The first-order valence-electron chi connectivity index (χ1n) is 3.59. The molecular formula is C7H10N2OS. The van der Waals surface area contributed by atoms with Gasteiger partial charge in [0, 0.05) is 6.54 Å². The Morgan fingerprint density at radius 3 is 3.09 bits per heavy atom. The molecule has 1 saturated heterocycles. The Morgan fingerprint density at radius 2 is 2.55 bits per heavy atom. The van der Waals surface area contributed by atoms with Gasteiger partial charge >= 0.3 is 0 Å². The summed E-state index contributed by atoms with van der Waals surface area (Å²) in [4.78, 5) is 12.7. The van der Waals surface area contributed by atoms with E-state index in [2.05, 4.69) is 18.7 Å².